The maximum Gasteiger partial charge on any atom is 0.347 e. The molecule has 0 saturated heterocycles. The summed E-state index contributed by atoms with van der Waals surface area (Å²) < 4.78 is 11.0. The lowest BCUT2D eigenvalue weighted by Crippen LogP contribution is -2.11. The highest BCUT2D eigenvalue weighted by molar-refractivity contribution is 6.32. The molecule has 0 amide bonds. The second kappa shape index (κ2) is 8.44. The van der Waals surface area contributed by atoms with Gasteiger partial charge in [-0.3, -0.25) is 0 Å². The third kappa shape index (κ3) is 4.50. The fourth-order valence-electron chi connectivity index (χ4n) is 1.99. The quantitative estimate of drug-likeness (QED) is 0.403. The lowest BCUT2D eigenvalue weighted by atomic mass is 10.2. The van der Waals surface area contributed by atoms with Gasteiger partial charge >= 0.3 is 5.97 Å². The van der Waals surface area contributed by atoms with Gasteiger partial charge in [0.2, 0.25) is 0 Å². The number of unbranched alkanes of at least 4 members (excludes halogenated alkanes) is 2. The van der Waals surface area contributed by atoms with E-state index in [-0.39, 0.29) is 0 Å². The van der Waals surface area contributed by atoms with Crippen molar-refractivity contribution in [3.05, 3.63) is 59.1 Å². The first-order chi connectivity index (χ1) is 10.7. The van der Waals surface area contributed by atoms with E-state index >= 15 is 0 Å². The Kier molecular flexibility index (Phi) is 6.28. The Morgan fingerprint density at radius 3 is 2.55 bits per heavy atom. The summed E-state index contributed by atoms with van der Waals surface area (Å²) in [6.45, 7) is 2.65. The van der Waals surface area contributed by atoms with Gasteiger partial charge in [-0.25, -0.2) is 4.79 Å². The predicted octanol–water partition coefficient (Wildman–Crippen LogP) is 5.13. The van der Waals surface area contributed by atoms with Crippen LogP contribution in [-0.2, 0) is 0 Å². The van der Waals surface area contributed by atoms with Gasteiger partial charge in [0.1, 0.15) is 11.3 Å². The number of hydrogen-bond donors (Lipinski definition) is 0. The van der Waals surface area contributed by atoms with Crippen LogP contribution in [0.5, 0.6) is 11.5 Å². The molecule has 0 atom stereocenters. The molecule has 3 nitrogen and oxygen atoms in total. The van der Waals surface area contributed by atoms with E-state index in [1.165, 1.54) is 0 Å². The molecule has 4 heteroatoms. The number of hydrogen-bond acceptors (Lipinski definition) is 3. The van der Waals surface area contributed by atoms with Gasteiger partial charge in [0.05, 0.1) is 11.6 Å². The molecule has 22 heavy (non-hydrogen) atoms. The molecule has 2 rings (SSSR count). The number of carbonyl (C=O) groups is 1. The summed E-state index contributed by atoms with van der Waals surface area (Å²) in [5.41, 5.74) is 0.341. The fraction of sp³-hybridized carbons (Fsp3) is 0.278. The summed E-state index contributed by atoms with van der Waals surface area (Å²) in [4.78, 5) is 12.3. The molecular weight excluding hydrogens is 300 g/mol. The van der Waals surface area contributed by atoms with Crippen LogP contribution in [0, 0.1) is 0 Å². The van der Waals surface area contributed by atoms with E-state index in [0.29, 0.717) is 28.7 Å². The van der Waals surface area contributed by atoms with E-state index in [4.69, 9.17) is 21.1 Å². The monoisotopic (exact) mass is 318 g/mol. The van der Waals surface area contributed by atoms with Gasteiger partial charge in [-0.15, -0.1) is 0 Å². The highest BCUT2D eigenvalue weighted by Gasteiger charge is 2.17. The third-order valence-electron chi connectivity index (χ3n) is 3.13. The van der Waals surface area contributed by atoms with Crippen molar-refractivity contribution in [3.63, 3.8) is 0 Å². The van der Waals surface area contributed by atoms with Crippen LogP contribution in [0.2, 0.25) is 5.02 Å². The van der Waals surface area contributed by atoms with Gasteiger partial charge < -0.3 is 9.47 Å². The van der Waals surface area contributed by atoms with E-state index < -0.39 is 5.97 Å². The smallest absolute Gasteiger partial charge is 0.347 e. The van der Waals surface area contributed by atoms with Crippen LogP contribution in [0.4, 0.5) is 0 Å². The van der Waals surface area contributed by atoms with Crippen molar-refractivity contribution >= 4 is 17.6 Å². The molecule has 0 heterocycles. The summed E-state index contributed by atoms with van der Waals surface area (Å²) in [5.74, 6) is 0.407. The van der Waals surface area contributed by atoms with Crippen LogP contribution in [-0.4, -0.2) is 12.6 Å². The Morgan fingerprint density at radius 1 is 1.05 bits per heavy atom. The predicted molar refractivity (Wildman–Crippen MR) is 87.9 cm³/mol. The van der Waals surface area contributed by atoms with Gasteiger partial charge in [-0.05, 0) is 30.7 Å². The van der Waals surface area contributed by atoms with E-state index in [1.54, 1.807) is 30.3 Å². The molecule has 0 aromatic heterocycles. The molecule has 0 aliphatic rings. The molecule has 0 bridgehead atoms. The lowest BCUT2D eigenvalue weighted by molar-refractivity contribution is 0.0730. The normalized spacial score (nSPS) is 10.3. The molecule has 0 aliphatic heterocycles. The van der Waals surface area contributed by atoms with E-state index in [1.807, 2.05) is 18.2 Å². The zero-order chi connectivity index (χ0) is 15.8. The summed E-state index contributed by atoms with van der Waals surface area (Å²) in [7, 11) is 0. The zero-order valence-electron chi connectivity index (χ0n) is 12.5. The molecule has 0 saturated carbocycles. The molecule has 0 radical (unpaired) electrons. The van der Waals surface area contributed by atoms with Crippen molar-refractivity contribution in [2.45, 2.75) is 26.2 Å². The largest absolute Gasteiger partial charge is 0.491 e. The number of ether oxygens (including phenoxy) is 2. The topological polar surface area (TPSA) is 35.5 Å². The Bertz CT molecular complexity index is 611. The molecule has 0 fully saturated rings. The number of benzene rings is 2. The molecular formula is C18H19ClO3. The number of para-hydroxylation sites is 2. The van der Waals surface area contributed by atoms with Gasteiger partial charge in [0.25, 0.3) is 0 Å². The Balaban J connectivity index is 2.12. The van der Waals surface area contributed by atoms with E-state index in [9.17, 15) is 4.79 Å². The first-order valence-electron chi connectivity index (χ1n) is 7.41. The third-order valence-corrected chi connectivity index (χ3v) is 3.43. The van der Waals surface area contributed by atoms with Crippen molar-refractivity contribution < 1.29 is 14.3 Å². The molecule has 0 unspecified atom stereocenters. The van der Waals surface area contributed by atoms with Crippen LogP contribution in [0.3, 0.4) is 0 Å². The summed E-state index contributed by atoms with van der Waals surface area (Å²) in [5, 5.41) is 0.416. The summed E-state index contributed by atoms with van der Waals surface area (Å²) in [6.07, 6.45) is 3.11. The van der Waals surface area contributed by atoms with Crippen molar-refractivity contribution in [2.24, 2.45) is 0 Å². The SMILES string of the molecule is CCCCCOc1c(Cl)cccc1C(=O)Oc1ccccc1. The maximum absolute atomic E-state index is 12.3. The van der Waals surface area contributed by atoms with Crippen LogP contribution < -0.4 is 9.47 Å². The minimum atomic E-state index is -0.473. The van der Waals surface area contributed by atoms with Gasteiger partial charge in [0, 0.05) is 0 Å². The standard InChI is InChI=1S/C18H19ClO3/c1-2-3-7-13-21-17-15(11-8-12-16(17)19)18(20)22-14-9-5-4-6-10-14/h4-6,8-12H,2-3,7,13H2,1H3. The average Bonchev–Trinajstić information content (AvgIpc) is 2.53. The Hall–Kier alpha value is -2.00. The van der Waals surface area contributed by atoms with Gasteiger partial charge in [-0.1, -0.05) is 55.6 Å². The summed E-state index contributed by atoms with van der Waals surface area (Å²) >= 11 is 6.16. The first kappa shape index (κ1) is 16.4. The minimum Gasteiger partial charge on any atom is -0.491 e. The molecule has 116 valence electrons. The highest BCUT2D eigenvalue weighted by atomic mass is 35.5. The summed E-state index contributed by atoms with van der Waals surface area (Å²) in [6, 6.07) is 14.0. The number of halogens is 1. The van der Waals surface area contributed by atoms with Crippen molar-refractivity contribution in [2.75, 3.05) is 6.61 Å². The van der Waals surface area contributed by atoms with Crippen LogP contribution in [0.15, 0.2) is 48.5 Å². The van der Waals surface area contributed by atoms with E-state index in [2.05, 4.69) is 6.92 Å². The Morgan fingerprint density at radius 2 is 1.82 bits per heavy atom. The lowest BCUT2D eigenvalue weighted by Gasteiger charge is -2.12. The van der Waals surface area contributed by atoms with Crippen molar-refractivity contribution in [1.29, 1.82) is 0 Å². The van der Waals surface area contributed by atoms with Crippen LogP contribution >= 0.6 is 11.6 Å². The first-order valence-corrected chi connectivity index (χ1v) is 7.78. The van der Waals surface area contributed by atoms with Crippen molar-refractivity contribution in [3.8, 4) is 11.5 Å². The minimum absolute atomic E-state index is 0.341. The average molecular weight is 319 g/mol. The second-order valence-electron chi connectivity index (χ2n) is 4.87. The van der Waals surface area contributed by atoms with E-state index in [0.717, 1.165) is 19.3 Å². The van der Waals surface area contributed by atoms with Gasteiger partial charge in [0.15, 0.2) is 5.75 Å². The van der Waals surface area contributed by atoms with Crippen LogP contribution in [0.1, 0.15) is 36.5 Å². The molecule has 2 aromatic carbocycles. The molecule has 0 N–H and O–H groups in total. The van der Waals surface area contributed by atoms with Gasteiger partial charge in [-0.2, -0.15) is 0 Å². The number of carbonyl (C=O) groups excluding carboxylic acids is 1. The fourth-order valence-corrected chi connectivity index (χ4v) is 2.22. The van der Waals surface area contributed by atoms with Crippen LogP contribution in [0.25, 0.3) is 0 Å². The Labute approximate surface area is 135 Å². The maximum atomic E-state index is 12.3. The van der Waals surface area contributed by atoms with Crippen molar-refractivity contribution in [1.82, 2.24) is 0 Å². The highest BCUT2D eigenvalue weighted by Crippen LogP contribution is 2.30. The number of esters is 1. The molecule has 2 aromatic rings. The second-order valence-corrected chi connectivity index (χ2v) is 5.28. The molecule has 0 spiro atoms. The molecule has 0 aliphatic carbocycles. The zero-order valence-corrected chi connectivity index (χ0v) is 13.3. The number of rotatable bonds is 7.